The van der Waals surface area contributed by atoms with Crippen LogP contribution in [0.1, 0.15) is 47.5 Å². The molecule has 0 aliphatic rings. The van der Waals surface area contributed by atoms with Crippen LogP contribution >= 0.6 is 0 Å². The molecule has 2 unspecified atom stereocenters. The van der Waals surface area contributed by atoms with Crippen LogP contribution in [0.4, 0.5) is 0 Å². The van der Waals surface area contributed by atoms with Gasteiger partial charge in [0.15, 0.2) is 14.4 Å². The van der Waals surface area contributed by atoms with E-state index in [0.29, 0.717) is 19.4 Å². The molecule has 0 heterocycles. The summed E-state index contributed by atoms with van der Waals surface area (Å²) in [6.45, 7) is 14.1. The highest BCUT2D eigenvalue weighted by molar-refractivity contribution is 6.74. The zero-order chi connectivity index (χ0) is 16.8. The number of esters is 1. The van der Waals surface area contributed by atoms with E-state index in [-0.39, 0.29) is 5.04 Å². The van der Waals surface area contributed by atoms with Crippen LogP contribution in [0.5, 0.6) is 0 Å². The molecule has 0 fully saturated rings. The van der Waals surface area contributed by atoms with Crippen molar-refractivity contribution >= 4 is 14.3 Å². The highest BCUT2D eigenvalue weighted by atomic mass is 28.4. The third kappa shape index (κ3) is 7.04. The van der Waals surface area contributed by atoms with Gasteiger partial charge in [0.25, 0.3) is 0 Å². The average molecular weight is 319 g/mol. The second kappa shape index (κ2) is 7.89. The lowest BCUT2D eigenvalue weighted by Gasteiger charge is -2.36. The Morgan fingerprint density at radius 2 is 1.86 bits per heavy atom. The van der Waals surface area contributed by atoms with Gasteiger partial charge >= 0.3 is 5.97 Å². The molecular weight excluding hydrogens is 290 g/mol. The van der Waals surface area contributed by atoms with Crippen LogP contribution in [-0.4, -0.2) is 38.0 Å². The lowest BCUT2D eigenvalue weighted by molar-refractivity contribution is -0.529. The third-order valence-electron chi connectivity index (χ3n) is 4.09. The van der Waals surface area contributed by atoms with Crippen molar-refractivity contribution < 1.29 is 18.9 Å². The van der Waals surface area contributed by atoms with Crippen LogP contribution in [0.25, 0.3) is 0 Å². The number of hydrogen-bond acceptors (Lipinski definition) is 5. The van der Waals surface area contributed by atoms with E-state index in [2.05, 4.69) is 33.9 Å². The zero-order valence-electron chi connectivity index (χ0n) is 14.3. The van der Waals surface area contributed by atoms with Crippen LogP contribution in [0, 0.1) is 10.1 Å². The fourth-order valence-corrected chi connectivity index (χ4v) is 2.66. The molecule has 2 atom stereocenters. The summed E-state index contributed by atoms with van der Waals surface area (Å²) in [4.78, 5) is 21.5. The van der Waals surface area contributed by atoms with Crippen molar-refractivity contribution in [1.82, 2.24) is 0 Å². The Bertz CT molecular complexity index is 365. The Morgan fingerprint density at radius 1 is 1.33 bits per heavy atom. The summed E-state index contributed by atoms with van der Waals surface area (Å²) >= 11 is 0. The van der Waals surface area contributed by atoms with Gasteiger partial charge in [0.05, 0.1) is 0 Å². The van der Waals surface area contributed by atoms with Gasteiger partial charge in [-0.25, -0.2) is 0 Å². The number of rotatable bonds is 8. The van der Waals surface area contributed by atoms with Crippen molar-refractivity contribution in [1.29, 1.82) is 0 Å². The summed E-state index contributed by atoms with van der Waals surface area (Å²) in [6, 6.07) is -0.901. The van der Waals surface area contributed by atoms with E-state index in [0.717, 1.165) is 0 Å². The van der Waals surface area contributed by atoms with Crippen molar-refractivity contribution in [3.8, 4) is 0 Å². The van der Waals surface area contributed by atoms with Gasteiger partial charge in [0.1, 0.15) is 0 Å². The highest BCUT2D eigenvalue weighted by Crippen LogP contribution is 2.36. The molecule has 0 amide bonds. The number of ether oxygens (including phenoxy) is 1. The zero-order valence-corrected chi connectivity index (χ0v) is 15.3. The molecule has 6 nitrogen and oxygen atoms in total. The number of nitro groups is 1. The van der Waals surface area contributed by atoms with Gasteiger partial charge in [-0.15, -0.1) is 0 Å². The number of hydrogen-bond donors (Lipinski definition) is 0. The monoisotopic (exact) mass is 319 g/mol. The SMILES string of the molecule is CC(=O)OC(CCCO[Si](C)(C)C(C)(C)C)C(C)[N+](=O)[O-]. The summed E-state index contributed by atoms with van der Waals surface area (Å²) < 4.78 is 11.1. The Balaban J connectivity index is 4.39. The van der Waals surface area contributed by atoms with E-state index >= 15 is 0 Å². The van der Waals surface area contributed by atoms with Crippen molar-refractivity contribution in [3.63, 3.8) is 0 Å². The van der Waals surface area contributed by atoms with Crippen molar-refractivity contribution in [2.45, 2.75) is 77.7 Å². The molecule has 0 rings (SSSR count). The predicted octanol–water partition coefficient (Wildman–Crippen LogP) is 3.39. The van der Waals surface area contributed by atoms with E-state index in [1.165, 1.54) is 13.8 Å². The maximum Gasteiger partial charge on any atom is 0.303 e. The van der Waals surface area contributed by atoms with Gasteiger partial charge in [-0.3, -0.25) is 14.9 Å². The maximum atomic E-state index is 11.0. The minimum absolute atomic E-state index is 0.135. The molecule has 0 saturated heterocycles. The summed E-state index contributed by atoms with van der Waals surface area (Å²) in [5.74, 6) is -0.487. The number of carbonyl (C=O) groups is 1. The largest absolute Gasteiger partial charge is 0.455 e. The molecule has 21 heavy (non-hydrogen) atoms. The molecule has 0 N–H and O–H groups in total. The highest BCUT2D eigenvalue weighted by Gasteiger charge is 2.37. The maximum absolute atomic E-state index is 11.0. The molecule has 0 aromatic carbocycles. The summed E-state index contributed by atoms with van der Waals surface area (Å²) in [6.07, 6.45) is 0.388. The average Bonchev–Trinajstić information content (AvgIpc) is 2.30. The summed E-state index contributed by atoms with van der Waals surface area (Å²) in [5, 5.41) is 11.0. The standard InChI is InChI=1S/C14H29NO5Si/c1-11(15(17)18)13(20-12(2)16)9-8-10-19-21(6,7)14(3,4)5/h11,13H,8-10H2,1-7H3. The third-order valence-corrected chi connectivity index (χ3v) is 8.63. The molecule has 7 heteroatoms. The smallest absolute Gasteiger partial charge is 0.303 e. The second-order valence-electron chi connectivity index (χ2n) is 6.92. The van der Waals surface area contributed by atoms with E-state index in [1.54, 1.807) is 0 Å². The van der Waals surface area contributed by atoms with Crippen LogP contribution < -0.4 is 0 Å². The Morgan fingerprint density at radius 3 is 2.24 bits per heavy atom. The van der Waals surface area contributed by atoms with E-state index in [9.17, 15) is 14.9 Å². The van der Waals surface area contributed by atoms with E-state index < -0.39 is 31.4 Å². The van der Waals surface area contributed by atoms with Crippen molar-refractivity contribution in [3.05, 3.63) is 10.1 Å². The molecule has 0 aliphatic carbocycles. The Kier molecular flexibility index (Phi) is 7.53. The minimum atomic E-state index is -1.80. The van der Waals surface area contributed by atoms with Crippen molar-refractivity contribution in [2.24, 2.45) is 0 Å². The van der Waals surface area contributed by atoms with Crippen LogP contribution in [-0.2, 0) is 14.0 Å². The lowest BCUT2D eigenvalue weighted by Crippen LogP contribution is -2.41. The van der Waals surface area contributed by atoms with Gasteiger partial charge < -0.3 is 9.16 Å². The lowest BCUT2D eigenvalue weighted by atomic mass is 10.1. The molecule has 0 aromatic rings. The van der Waals surface area contributed by atoms with E-state index in [4.69, 9.17) is 9.16 Å². The topological polar surface area (TPSA) is 78.7 Å². The Hall–Kier alpha value is -0.953. The van der Waals surface area contributed by atoms with Crippen LogP contribution in [0.15, 0.2) is 0 Å². The molecule has 0 aliphatic heterocycles. The molecule has 0 bridgehead atoms. The minimum Gasteiger partial charge on any atom is -0.455 e. The fraction of sp³-hybridized carbons (Fsp3) is 0.929. The predicted molar refractivity (Wildman–Crippen MR) is 84.4 cm³/mol. The second-order valence-corrected chi connectivity index (χ2v) is 11.7. The van der Waals surface area contributed by atoms with Crippen molar-refractivity contribution in [2.75, 3.05) is 6.61 Å². The molecule has 0 spiro atoms. The molecular formula is C14H29NO5Si. The first-order chi connectivity index (χ1) is 9.38. The molecule has 0 saturated carbocycles. The van der Waals surface area contributed by atoms with Gasteiger partial charge in [0, 0.05) is 25.4 Å². The van der Waals surface area contributed by atoms with Crippen LogP contribution in [0.2, 0.25) is 18.1 Å². The fourth-order valence-electron chi connectivity index (χ4n) is 1.58. The normalized spacial score (nSPS) is 15.4. The first-order valence-corrected chi connectivity index (χ1v) is 10.2. The summed E-state index contributed by atoms with van der Waals surface area (Å²) in [7, 11) is -1.80. The first kappa shape index (κ1) is 20.0. The van der Waals surface area contributed by atoms with Gasteiger partial charge in [-0.05, 0) is 31.0 Å². The van der Waals surface area contributed by atoms with Crippen LogP contribution in [0.3, 0.4) is 0 Å². The number of carbonyl (C=O) groups excluding carboxylic acids is 1. The molecule has 124 valence electrons. The molecule has 0 radical (unpaired) electrons. The first-order valence-electron chi connectivity index (χ1n) is 7.33. The van der Waals surface area contributed by atoms with Gasteiger partial charge in [-0.1, -0.05) is 20.8 Å². The quantitative estimate of drug-likeness (QED) is 0.225. The van der Waals surface area contributed by atoms with Gasteiger partial charge in [-0.2, -0.15) is 0 Å². The number of nitrogens with zero attached hydrogens (tertiary/aromatic N) is 1. The van der Waals surface area contributed by atoms with Gasteiger partial charge in [0.2, 0.25) is 6.04 Å². The summed E-state index contributed by atoms with van der Waals surface area (Å²) in [5.41, 5.74) is 0. The molecule has 0 aromatic heterocycles. The Labute approximate surface area is 128 Å². The van der Waals surface area contributed by atoms with E-state index in [1.807, 2.05) is 0 Å².